The number of hydrogen-bond acceptors (Lipinski definition) is 2. The molecular formula is C14H18BrNO2. The van der Waals surface area contributed by atoms with Gasteiger partial charge in [0.25, 0.3) is 0 Å². The van der Waals surface area contributed by atoms with Crippen LogP contribution in [-0.2, 0) is 4.79 Å². The van der Waals surface area contributed by atoms with Gasteiger partial charge in [0.1, 0.15) is 5.54 Å². The highest BCUT2D eigenvalue weighted by atomic mass is 79.9. The van der Waals surface area contributed by atoms with Crippen LogP contribution in [0.5, 0.6) is 0 Å². The van der Waals surface area contributed by atoms with E-state index >= 15 is 0 Å². The van der Waals surface area contributed by atoms with Crippen molar-refractivity contribution in [2.45, 2.75) is 38.3 Å². The summed E-state index contributed by atoms with van der Waals surface area (Å²) in [6.45, 7) is 4.75. The third-order valence-corrected chi connectivity index (χ3v) is 4.45. The lowest BCUT2D eigenvalue weighted by molar-refractivity contribution is -0.149. The van der Waals surface area contributed by atoms with Crippen LogP contribution in [0, 0.1) is 0 Å². The van der Waals surface area contributed by atoms with E-state index in [0.29, 0.717) is 0 Å². The van der Waals surface area contributed by atoms with Crippen LogP contribution >= 0.6 is 15.9 Å². The average molecular weight is 312 g/mol. The van der Waals surface area contributed by atoms with Gasteiger partial charge in [0.05, 0.1) is 0 Å². The van der Waals surface area contributed by atoms with Crippen LogP contribution in [0.1, 0.15) is 38.3 Å². The Hall–Kier alpha value is -0.870. The van der Waals surface area contributed by atoms with Gasteiger partial charge in [-0.25, -0.2) is 0 Å². The van der Waals surface area contributed by atoms with Gasteiger partial charge in [0.15, 0.2) is 0 Å². The van der Waals surface area contributed by atoms with Gasteiger partial charge in [0, 0.05) is 10.5 Å². The zero-order valence-electron chi connectivity index (χ0n) is 10.7. The molecule has 1 aromatic rings. The van der Waals surface area contributed by atoms with Gasteiger partial charge in [-0.1, -0.05) is 28.1 Å². The molecule has 98 valence electrons. The first-order valence-electron chi connectivity index (χ1n) is 6.21. The number of hydrogen-bond donors (Lipinski definition) is 1. The Labute approximate surface area is 116 Å². The number of benzene rings is 1. The molecule has 0 saturated carbocycles. The fourth-order valence-electron chi connectivity index (χ4n) is 2.78. The molecule has 0 aliphatic carbocycles. The van der Waals surface area contributed by atoms with Crippen molar-refractivity contribution in [2.24, 2.45) is 0 Å². The smallest absolute Gasteiger partial charge is 0.323 e. The second kappa shape index (κ2) is 5.02. The number of aliphatic carboxylic acids is 1. The van der Waals surface area contributed by atoms with Crippen LogP contribution in [0.3, 0.4) is 0 Å². The first-order valence-corrected chi connectivity index (χ1v) is 7.00. The molecule has 0 spiro atoms. The van der Waals surface area contributed by atoms with Crippen molar-refractivity contribution in [2.75, 3.05) is 6.54 Å². The molecule has 2 unspecified atom stereocenters. The lowest BCUT2D eigenvalue weighted by Gasteiger charge is -2.36. The Bertz CT molecular complexity index is 463. The zero-order valence-corrected chi connectivity index (χ0v) is 12.3. The summed E-state index contributed by atoms with van der Waals surface area (Å²) >= 11 is 3.46. The molecule has 2 atom stereocenters. The summed E-state index contributed by atoms with van der Waals surface area (Å²) in [7, 11) is 0. The molecule has 1 aromatic carbocycles. The highest BCUT2D eigenvalue weighted by Gasteiger charge is 2.45. The van der Waals surface area contributed by atoms with Crippen LogP contribution in [0.25, 0.3) is 0 Å². The van der Waals surface area contributed by atoms with Crippen molar-refractivity contribution in [3.63, 3.8) is 0 Å². The van der Waals surface area contributed by atoms with Crippen LogP contribution in [0.4, 0.5) is 0 Å². The number of likely N-dealkylation sites (tertiary alicyclic amines) is 1. The van der Waals surface area contributed by atoms with E-state index in [1.807, 2.05) is 19.1 Å². The number of carboxylic acids is 1. The fraction of sp³-hybridized carbons (Fsp3) is 0.500. The third-order valence-electron chi connectivity index (χ3n) is 3.96. The van der Waals surface area contributed by atoms with Crippen LogP contribution < -0.4 is 0 Å². The molecule has 1 N–H and O–H groups in total. The van der Waals surface area contributed by atoms with E-state index in [4.69, 9.17) is 0 Å². The second-order valence-electron chi connectivity index (χ2n) is 5.11. The topological polar surface area (TPSA) is 40.5 Å². The molecule has 4 heteroatoms. The van der Waals surface area contributed by atoms with Gasteiger partial charge in [-0.2, -0.15) is 0 Å². The van der Waals surface area contributed by atoms with E-state index in [1.54, 1.807) is 0 Å². The Morgan fingerprint density at radius 2 is 2.28 bits per heavy atom. The van der Waals surface area contributed by atoms with Crippen LogP contribution in [-0.4, -0.2) is 28.1 Å². The fourth-order valence-corrected chi connectivity index (χ4v) is 3.20. The Kier molecular flexibility index (Phi) is 3.78. The second-order valence-corrected chi connectivity index (χ2v) is 6.02. The zero-order chi connectivity index (χ0) is 13.3. The molecule has 1 fully saturated rings. The van der Waals surface area contributed by atoms with E-state index < -0.39 is 11.5 Å². The first-order chi connectivity index (χ1) is 8.45. The number of carbonyl (C=O) groups is 1. The summed E-state index contributed by atoms with van der Waals surface area (Å²) < 4.78 is 1.03. The molecule has 1 aliphatic rings. The minimum atomic E-state index is -0.734. The SMILES string of the molecule is CC(c1cccc(Br)c1)N1CCCC1(C)C(=O)O. The van der Waals surface area contributed by atoms with Crippen molar-refractivity contribution < 1.29 is 9.90 Å². The van der Waals surface area contributed by atoms with Gasteiger partial charge in [0.2, 0.25) is 0 Å². The standard InChI is InChI=1S/C14H18BrNO2/c1-10(11-5-3-6-12(15)9-11)16-8-4-7-14(16,2)13(17)18/h3,5-6,9-10H,4,7-8H2,1-2H3,(H,17,18). The number of halogens is 1. The minimum absolute atomic E-state index is 0.117. The van der Waals surface area contributed by atoms with E-state index in [9.17, 15) is 9.90 Å². The molecule has 2 rings (SSSR count). The monoisotopic (exact) mass is 311 g/mol. The normalized spacial score (nSPS) is 26.2. The average Bonchev–Trinajstić information content (AvgIpc) is 2.72. The summed E-state index contributed by atoms with van der Waals surface area (Å²) in [5, 5.41) is 9.44. The lowest BCUT2D eigenvalue weighted by Crippen LogP contribution is -2.48. The summed E-state index contributed by atoms with van der Waals surface area (Å²) in [6, 6.07) is 8.20. The largest absolute Gasteiger partial charge is 0.480 e. The van der Waals surface area contributed by atoms with Gasteiger partial charge in [-0.3, -0.25) is 9.69 Å². The number of rotatable bonds is 3. The van der Waals surface area contributed by atoms with E-state index in [-0.39, 0.29) is 6.04 Å². The van der Waals surface area contributed by atoms with Crippen molar-refractivity contribution in [3.8, 4) is 0 Å². The molecule has 1 aliphatic heterocycles. The summed E-state index contributed by atoms with van der Waals surface area (Å²) in [5.74, 6) is -0.721. The molecular weight excluding hydrogens is 294 g/mol. The molecule has 0 amide bonds. The quantitative estimate of drug-likeness (QED) is 0.929. The molecule has 1 heterocycles. The van der Waals surface area contributed by atoms with Gasteiger partial charge in [-0.15, -0.1) is 0 Å². The van der Waals surface area contributed by atoms with E-state index in [2.05, 4.69) is 39.9 Å². The van der Waals surface area contributed by atoms with Crippen LogP contribution in [0.15, 0.2) is 28.7 Å². The summed E-state index contributed by atoms with van der Waals surface area (Å²) in [6.07, 6.45) is 1.67. The molecule has 3 nitrogen and oxygen atoms in total. The summed E-state index contributed by atoms with van der Waals surface area (Å²) in [4.78, 5) is 13.6. The third kappa shape index (κ3) is 2.31. The maximum Gasteiger partial charge on any atom is 0.323 e. The molecule has 18 heavy (non-hydrogen) atoms. The maximum atomic E-state index is 11.5. The number of carboxylic acid groups (broad SMARTS) is 1. The van der Waals surface area contributed by atoms with Gasteiger partial charge >= 0.3 is 5.97 Å². The highest BCUT2D eigenvalue weighted by molar-refractivity contribution is 9.10. The Balaban J connectivity index is 2.28. The van der Waals surface area contributed by atoms with E-state index in [0.717, 1.165) is 29.4 Å². The Morgan fingerprint density at radius 1 is 1.56 bits per heavy atom. The number of nitrogens with zero attached hydrogens (tertiary/aromatic N) is 1. The first kappa shape index (κ1) is 13.6. The van der Waals surface area contributed by atoms with E-state index in [1.165, 1.54) is 0 Å². The predicted molar refractivity (Wildman–Crippen MR) is 74.5 cm³/mol. The van der Waals surface area contributed by atoms with Crippen molar-refractivity contribution >= 4 is 21.9 Å². The van der Waals surface area contributed by atoms with Crippen LogP contribution in [0.2, 0.25) is 0 Å². The summed E-state index contributed by atoms with van der Waals surface area (Å²) in [5.41, 5.74) is 0.417. The van der Waals surface area contributed by atoms with Crippen molar-refractivity contribution in [1.82, 2.24) is 4.90 Å². The Morgan fingerprint density at radius 3 is 2.89 bits per heavy atom. The minimum Gasteiger partial charge on any atom is -0.480 e. The molecule has 0 radical (unpaired) electrons. The predicted octanol–water partition coefficient (Wildman–Crippen LogP) is 3.45. The van der Waals surface area contributed by atoms with Gasteiger partial charge < -0.3 is 5.11 Å². The molecule has 0 aromatic heterocycles. The molecule has 0 bridgehead atoms. The lowest BCUT2D eigenvalue weighted by atomic mass is 9.96. The van der Waals surface area contributed by atoms with Crippen molar-refractivity contribution in [1.29, 1.82) is 0 Å². The van der Waals surface area contributed by atoms with Crippen molar-refractivity contribution in [3.05, 3.63) is 34.3 Å². The molecule has 1 saturated heterocycles. The highest BCUT2D eigenvalue weighted by Crippen LogP contribution is 2.37. The maximum absolute atomic E-state index is 11.5. The van der Waals surface area contributed by atoms with Gasteiger partial charge in [-0.05, 0) is 50.9 Å².